The first kappa shape index (κ1) is 29.0. The van der Waals surface area contributed by atoms with Crippen molar-refractivity contribution in [2.45, 2.75) is 55.9 Å². The third-order valence-corrected chi connectivity index (χ3v) is 12.7. The van der Waals surface area contributed by atoms with E-state index in [0.717, 1.165) is 89.6 Å². The monoisotopic (exact) mass is 631 g/mol. The van der Waals surface area contributed by atoms with Gasteiger partial charge in [0.25, 0.3) is 5.91 Å². The van der Waals surface area contributed by atoms with E-state index in [1.54, 1.807) is 13.2 Å². The molecule has 45 heavy (non-hydrogen) atoms. The molecule has 10 nitrogen and oxygen atoms in total. The Labute approximate surface area is 264 Å². The molecule has 0 bridgehead atoms. The summed E-state index contributed by atoms with van der Waals surface area (Å²) in [5.74, 6) is 1.54. The zero-order valence-corrected chi connectivity index (χ0v) is 27.0. The zero-order valence-electron chi connectivity index (χ0n) is 26.1. The predicted octanol–water partition coefficient (Wildman–Crippen LogP) is 3.77. The summed E-state index contributed by atoms with van der Waals surface area (Å²) in [6, 6.07) is 11.8. The van der Waals surface area contributed by atoms with Crippen LogP contribution in [0.15, 0.2) is 36.4 Å². The number of ether oxygens (including phenoxy) is 1. The molecule has 2 saturated carbocycles. The first-order valence-electron chi connectivity index (χ1n) is 16.3. The van der Waals surface area contributed by atoms with Gasteiger partial charge in [0.2, 0.25) is 5.91 Å². The van der Waals surface area contributed by atoms with Gasteiger partial charge < -0.3 is 19.5 Å². The van der Waals surface area contributed by atoms with Gasteiger partial charge in [0.05, 0.1) is 18.3 Å². The molecule has 11 heteroatoms. The van der Waals surface area contributed by atoms with Crippen LogP contribution in [0.2, 0.25) is 0 Å². The van der Waals surface area contributed by atoms with Gasteiger partial charge in [-0.1, -0.05) is 25.3 Å². The number of rotatable bonds is 6. The Morgan fingerprint density at radius 3 is 2.44 bits per heavy atom. The van der Waals surface area contributed by atoms with Gasteiger partial charge in [-0.25, -0.2) is 4.72 Å². The Morgan fingerprint density at radius 2 is 1.76 bits per heavy atom. The average molecular weight is 632 g/mol. The first-order chi connectivity index (χ1) is 21.6. The molecule has 2 unspecified atom stereocenters. The van der Waals surface area contributed by atoms with Crippen LogP contribution in [0.4, 0.5) is 0 Å². The van der Waals surface area contributed by atoms with E-state index < -0.39 is 21.7 Å². The molecule has 2 saturated heterocycles. The van der Waals surface area contributed by atoms with E-state index in [4.69, 9.17) is 4.74 Å². The summed E-state index contributed by atoms with van der Waals surface area (Å²) < 4.78 is 36.3. The van der Waals surface area contributed by atoms with Gasteiger partial charge in [0.1, 0.15) is 11.3 Å². The molecule has 4 fully saturated rings. The highest BCUT2D eigenvalue weighted by molar-refractivity contribution is 7.87. The normalized spacial score (nSPS) is 27.2. The summed E-state index contributed by atoms with van der Waals surface area (Å²) in [5, 5.41) is 4.54. The molecule has 2 aromatic carbocycles. The highest BCUT2D eigenvalue weighted by Crippen LogP contribution is 2.67. The van der Waals surface area contributed by atoms with E-state index in [1.807, 2.05) is 18.2 Å². The van der Waals surface area contributed by atoms with Crippen LogP contribution in [0.3, 0.4) is 0 Å². The van der Waals surface area contributed by atoms with Crippen LogP contribution < -0.4 is 14.8 Å². The topological polar surface area (TPSA) is 113 Å². The Balaban J connectivity index is 1.35. The van der Waals surface area contributed by atoms with Gasteiger partial charge in [-0.2, -0.15) is 12.7 Å². The third kappa shape index (κ3) is 4.30. The van der Waals surface area contributed by atoms with Crippen molar-refractivity contribution in [2.75, 3.05) is 47.4 Å². The lowest BCUT2D eigenvalue weighted by Crippen LogP contribution is -2.44. The van der Waals surface area contributed by atoms with Crippen molar-refractivity contribution >= 4 is 32.9 Å². The smallest absolute Gasteiger partial charge is 0.303 e. The summed E-state index contributed by atoms with van der Waals surface area (Å²) >= 11 is 0. The van der Waals surface area contributed by atoms with Gasteiger partial charge in [0.15, 0.2) is 0 Å². The van der Waals surface area contributed by atoms with Crippen LogP contribution in [0.5, 0.6) is 5.75 Å². The van der Waals surface area contributed by atoms with Crippen LogP contribution >= 0.6 is 0 Å². The molecule has 8 rings (SSSR count). The maximum absolute atomic E-state index is 14.9. The molecule has 0 spiro atoms. The fourth-order valence-corrected chi connectivity index (χ4v) is 9.41. The summed E-state index contributed by atoms with van der Waals surface area (Å²) in [5.41, 5.74) is 4.91. The summed E-state index contributed by atoms with van der Waals surface area (Å²) in [6.45, 7) is 3.41. The number of carbonyl (C=O) groups is 2. The quantitative estimate of drug-likeness (QED) is 0.429. The number of fused-ring (bicyclic) bond motifs is 9. The van der Waals surface area contributed by atoms with Crippen LogP contribution in [0.25, 0.3) is 22.2 Å². The highest BCUT2D eigenvalue weighted by Gasteiger charge is 2.67. The second-order valence-corrected chi connectivity index (χ2v) is 15.8. The molecule has 2 N–H and O–H groups in total. The number of carbonyl (C=O) groups excluding carboxylic acids is 2. The van der Waals surface area contributed by atoms with Crippen molar-refractivity contribution in [2.24, 2.45) is 11.8 Å². The van der Waals surface area contributed by atoms with Gasteiger partial charge in [0, 0.05) is 62.7 Å². The minimum Gasteiger partial charge on any atom is -0.497 e. The van der Waals surface area contributed by atoms with Gasteiger partial charge >= 0.3 is 10.2 Å². The summed E-state index contributed by atoms with van der Waals surface area (Å²) in [7, 11) is 0.479. The molecule has 5 aliphatic rings. The second-order valence-electron chi connectivity index (χ2n) is 13.9. The number of benzene rings is 2. The third-order valence-electron chi connectivity index (χ3n) is 11.3. The molecule has 2 aliphatic carbocycles. The summed E-state index contributed by atoms with van der Waals surface area (Å²) in [6.07, 6.45) is 6.38. The van der Waals surface area contributed by atoms with Crippen LogP contribution in [-0.4, -0.2) is 81.4 Å². The lowest BCUT2D eigenvalue weighted by Gasteiger charge is -2.33. The molecule has 238 valence electrons. The molecule has 3 aromatic rings. The maximum atomic E-state index is 14.9. The van der Waals surface area contributed by atoms with Gasteiger partial charge in [-0.3, -0.25) is 9.59 Å². The molecular weight excluding hydrogens is 590 g/mol. The van der Waals surface area contributed by atoms with E-state index in [1.165, 1.54) is 26.1 Å². The first-order valence-corrected chi connectivity index (χ1v) is 17.7. The van der Waals surface area contributed by atoms with E-state index in [2.05, 4.69) is 31.6 Å². The van der Waals surface area contributed by atoms with Crippen LogP contribution in [0.1, 0.15) is 71.8 Å². The van der Waals surface area contributed by atoms with Gasteiger partial charge in [-0.15, -0.1) is 0 Å². The molecule has 3 aliphatic heterocycles. The van der Waals surface area contributed by atoms with E-state index in [9.17, 15) is 18.0 Å². The van der Waals surface area contributed by atoms with Crippen LogP contribution in [0, 0.1) is 11.8 Å². The molecule has 4 atom stereocenters. The second kappa shape index (κ2) is 10.3. The fraction of sp³-hybridized carbons (Fsp3) is 0.529. The Bertz CT molecular complexity index is 1830. The van der Waals surface area contributed by atoms with Crippen molar-refractivity contribution in [3.8, 4) is 17.0 Å². The van der Waals surface area contributed by atoms with Crippen molar-refractivity contribution in [1.82, 2.24) is 23.8 Å². The van der Waals surface area contributed by atoms with Crippen molar-refractivity contribution < 1.29 is 22.7 Å². The van der Waals surface area contributed by atoms with E-state index in [-0.39, 0.29) is 17.4 Å². The van der Waals surface area contributed by atoms with Gasteiger partial charge in [-0.05, 0) is 78.5 Å². The number of aromatic nitrogens is 1. The lowest BCUT2D eigenvalue weighted by molar-refractivity contribution is -0.135. The minimum absolute atomic E-state index is 0.0115. The molecule has 1 aromatic heterocycles. The lowest BCUT2D eigenvalue weighted by atomic mass is 9.80. The van der Waals surface area contributed by atoms with Crippen molar-refractivity contribution in [3.63, 3.8) is 0 Å². The number of hydrogen-bond acceptors (Lipinski definition) is 6. The fourth-order valence-electron chi connectivity index (χ4n) is 8.87. The minimum atomic E-state index is -3.97. The zero-order chi connectivity index (χ0) is 31.2. The average Bonchev–Trinajstić information content (AvgIpc) is 3.27. The number of nitrogens with one attached hydrogen (secondary N) is 2. The van der Waals surface area contributed by atoms with Crippen LogP contribution in [-0.2, 0) is 20.5 Å². The van der Waals surface area contributed by atoms with Crippen molar-refractivity contribution in [3.05, 3.63) is 53.1 Å². The predicted molar refractivity (Wildman–Crippen MR) is 172 cm³/mol. The van der Waals surface area contributed by atoms with Crippen molar-refractivity contribution in [1.29, 1.82) is 0 Å². The standard InChI is InChI=1S/C34H41N5O5S/c1-37(2)45(42,43)36-32(40)21-9-11-26-29(13-21)39-31(30(26)20-7-5-4-6-8-20)25-12-10-24(44-3)14-27(25)28-15-34(28,39)33(41)38-18-22-16-35-17-23(22)19-38/h9-14,20,22-23,28,35H,4-8,15-19H2,1-3H3,(H,36,40)/t22-,23+,28?,34?. The largest absolute Gasteiger partial charge is 0.497 e. The molecule has 4 heterocycles. The SMILES string of the molecule is COc1ccc2c(c1)C1CC1(C(=O)N1C[C@H]3CNC[C@H]3C1)n1c-2c(C2CCCCC2)c2ccc(C(=O)NS(=O)(=O)N(C)C)cc21. The number of likely N-dealkylation sites (tertiary alicyclic amines) is 1. The number of amides is 2. The molecule has 0 radical (unpaired) electrons. The maximum Gasteiger partial charge on any atom is 0.303 e. The van der Waals surface area contributed by atoms with E-state index in [0.29, 0.717) is 24.2 Å². The number of hydrogen-bond donors (Lipinski definition) is 2. The Hall–Kier alpha value is -3.41. The van der Waals surface area contributed by atoms with E-state index >= 15 is 0 Å². The summed E-state index contributed by atoms with van der Waals surface area (Å²) in [4.78, 5) is 30.4. The Morgan fingerprint density at radius 1 is 1.02 bits per heavy atom. The Kier molecular flexibility index (Phi) is 6.64. The molecule has 2 amide bonds. The highest BCUT2D eigenvalue weighted by atomic mass is 32.2. The molecular formula is C34H41N5O5S. The number of methoxy groups -OCH3 is 1. The number of nitrogens with zero attached hydrogens (tertiary/aromatic N) is 3.